The van der Waals surface area contributed by atoms with Crippen molar-refractivity contribution in [1.29, 1.82) is 0 Å². The van der Waals surface area contributed by atoms with E-state index in [9.17, 15) is 0 Å². The highest BCUT2D eigenvalue weighted by molar-refractivity contribution is 5.60. The van der Waals surface area contributed by atoms with Gasteiger partial charge in [0.1, 0.15) is 17.5 Å². The number of aryl methyl sites for hydroxylation is 3. The third kappa shape index (κ3) is 4.32. The number of rotatable bonds is 5. The molecule has 2 aromatic carbocycles. The fourth-order valence-electron chi connectivity index (χ4n) is 2.71. The Morgan fingerprint density at radius 3 is 2.17 bits per heavy atom. The lowest BCUT2D eigenvalue weighted by molar-refractivity contribution is 1.03. The summed E-state index contributed by atoms with van der Waals surface area (Å²) >= 11 is 0. The SMILES string of the molecule is Cc1cc(C)cc(Nc2cc(NCc3ccccc3)nc(C)n2)c1. The van der Waals surface area contributed by atoms with Crippen LogP contribution in [0.2, 0.25) is 0 Å². The van der Waals surface area contributed by atoms with Crippen LogP contribution in [0.25, 0.3) is 0 Å². The number of anilines is 3. The van der Waals surface area contributed by atoms with Gasteiger partial charge in [-0.1, -0.05) is 36.4 Å². The van der Waals surface area contributed by atoms with Crippen LogP contribution in [0.15, 0.2) is 54.6 Å². The van der Waals surface area contributed by atoms with E-state index in [2.05, 4.69) is 64.8 Å². The average Bonchev–Trinajstić information content (AvgIpc) is 2.52. The molecule has 0 aliphatic rings. The first kappa shape index (κ1) is 16.0. The van der Waals surface area contributed by atoms with Crippen molar-refractivity contribution < 1.29 is 0 Å². The summed E-state index contributed by atoms with van der Waals surface area (Å²) in [5.41, 5.74) is 4.72. The van der Waals surface area contributed by atoms with Gasteiger partial charge < -0.3 is 10.6 Å². The van der Waals surface area contributed by atoms with Gasteiger partial charge in [0.25, 0.3) is 0 Å². The maximum atomic E-state index is 4.48. The first-order valence-electron chi connectivity index (χ1n) is 8.07. The molecule has 0 radical (unpaired) electrons. The van der Waals surface area contributed by atoms with Crippen molar-refractivity contribution >= 4 is 17.3 Å². The molecule has 1 aromatic heterocycles. The number of nitrogens with zero attached hydrogens (tertiary/aromatic N) is 2. The van der Waals surface area contributed by atoms with Gasteiger partial charge >= 0.3 is 0 Å². The molecule has 0 fully saturated rings. The average molecular weight is 318 g/mol. The summed E-state index contributed by atoms with van der Waals surface area (Å²) in [6.07, 6.45) is 0. The zero-order chi connectivity index (χ0) is 16.9. The number of hydrogen-bond donors (Lipinski definition) is 2. The summed E-state index contributed by atoms with van der Waals surface area (Å²) in [5, 5.41) is 6.73. The van der Waals surface area contributed by atoms with Crippen molar-refractivity contribution in [2.75, 3.05) is 10.6 Å². The molecule has 4 heteroatoms. The zero-order valence-corrected chi connectivity index (χ0v) is 14.3. The number of aromatic nitrogens is 2. The van der Waals surface area contributed by atoms with Gasteiger partial charge in [-0.3, -0.25) is 0 Å². The van der Waals surface area contributed by atoms with Crippen molar-refractivity contribution in [1.82, 2.24) is 9.97 Å². The van der Waals surface area contributed by atoms with Gasteiger partial charge in [-0.2, -0.15) is 0 Å². The minimum absolute atomic E-state index is 0.736. The van der Waals surface area contributed by atoms with Gasteiger partial charge in [0, 0.05) is 18.3 Å². The fourth-order valence-corrected chi connectivity index (χ4v) is 2.71. The highest BCUT2D eigenvalue weighted by atomic mass is 15.1. The lowest BCUT2D eigenvalue weighted by atomic mass is 10.1. The Morgan fingerprint density at radius 1 is 0.792 bits per heavy atom. The van der Waals surface area contributed by atoms with Crippen molar-refractivity contribution in [2.45, 2.75) is 27.3 Å². The van der Waals surface area contributed by atoms with Crippen LogP contribution in [-0.2, 0) is 6.54 Å². The van der Waals surface area contributed by atoms with Gasteiger partial charge in [-0.25, -0.2) is 9.97 Å². The monoisotopic (exact) mass is 318 g/mol. The molecule has 2 N–H and O–H groups in total. The van der Waals surface area contributed by atoms with E-state index in [0.29, 0.717) is 0 Å². The maximum Gasteiger partial charge on any atom is 0.136 e. The molecule has 3 aromatic rings. The summed E-state index contributed by atoms with van der Waals surface area (Å²) < 4.78 is 0. The molecule has 0 saturated carbocycles. The lowest BCUT2D eigenvalue weighted by Crippen LogP contribution is -2.05. The zero-order valence-electron chi connectivity index (χ0n) is 14.3. The van der Waals surface area contributed by atoms with E-state index in [4.69, 9.17) is 0 Å². The Hall–Kier alpha value is -2.88. The van der Waals surface area contributed by atoms with Crippen molar-refractivity contribution in [3.05, 3.63) is 77.1 Å². The van der Waals surface area contributed by atoms with Crippen LogP contribution in [-0.4, -0.2) is 9.97 Å². The van der Waals surface area contributed by atoms with Gasteiger partial charge in [-0.05, 0) is 49.6 Å². The summed E-state index contributed by atoms with van der Waals surface area (Å²) in [7, 11) is 0. The molecule has 4 nitrogen and oxygen atoms in total. The summed E-state index contributed by atoms with van der Waals surface area (Å²) in [4.78, 5) is 8.94. The molecular weight excluding hydrogens is 296 g/mol. The van der Waals surface area contributed by atoms with Gasteiger partial charge in [0.2, 0.25) is 0 Å². The summed E-state index contributed by atoms with van der Waals surface area (Å²) in [5.74, 6) is 2.35. The van der Waals surface area contributed by atoms with Crippen molar-refractivity contribution in [2.24, 2.45) is 0 Å². The van der Waals surface area contributed by atoms with Crippen LogP contribution in [0.4, 0.5) is 17.3 Å². The minimum Gasteiger partial charge on any atom is -0.366 e. The third-order valence-corrected chi connectivity index (χ3v) is 3.65. The second-order valence-corrected chi connectivity index (χ2v) is 6.03. The molecule has 24 heavy (non-hydrogen) atoms. The van der Waals surface area contributed by atoms with Gasteiger partial charge in [0.15, 0.2) is 0 Å². The molecule has 0 saturated heterocycles. The lowest BCUT2D eigenvalue weighted by Gasteiger charge is -2.11. The molecule has 0 bridgehead atoms. The molecule has 3 rings (SSSR count). The highest BCUT2D eigenvalue weighted by Gasteiger charge is 2.04. The normalized spacial score (nSPS) is 10.5. The molecule has 122 valence electrons. The predicted octanol–water partition coefficient (Wildman–Crippen LogP) is 4.76. The van der Waals surface area contributed by atoms with Gasteiger partial charge in [0.05, 0.1) is 0 Å². The van der Waals surface area contributed by atoms with E-state index in [0.717, 1.165) is 29.7 Å². The van der Waals surface area contributed by atoms with Crippen LogP contribution < -0.4 is 10.6 Å². The predicted molar refractivity (Wildman–Crippen MR) is 99.7 cm³/mol. The smallest absolute Gasteiger partial charge is 0.136 e. The first-order chi connectivity index (χ1) is 11.6. The second kappa shape index (κ2) is 7.13. The topological polar surface area (TPSA) is 49.8 Å². The van der Waals surface area contributed by atoms with E-state index < -0.39 is 0 Å². The molecule has 0 unspecified atom stereocenters. The van der Waals surface area contributed by atoms with E-state index in [1.54, 1.807) is 0 Å². The van der Waals surface area contributed by atoms with E-state index in [1.165, 1.54) is 16.7 Å². The standard InChI is InChI=1S/C20H22N4/c1-14-9-15(2)11-18(10-14)24-20-12-19(22-16(3)23-20)21-13-17-7-5-4-6-8-17/h4-12H,13H2,1-3H3,(H2,21,22,23,24). The van der Waals surface area contributed by atoms with Crippen LogP contribution in [0.3, 0.4) is 0 Å². The van der Waals surface area contributed by atoms with Crippen LogP contribution in [0.1, 0.15) is 22.5 Å². The summed E-state index contributed by atoms with van der Waals surface area (Å²) in [6.45, 7) is 6.83. The number of benzene rings is 2. The summed E-state index contributed by atoms with van der Waals surface area (Å²) in [6, 6.07) is 18.6. The molecule has 0 spiro atoms. The molecule has 0 aliphatic carbocycles. The molecule has 0 atom stereocenters. The fraction of sp³-hybridized carbons (Fsp3) is 0.200. The second-order valence-electron chi connectivity index (χ2n) is 6.03. The Kier molecular flexibility index (Phi) is 4.75. The molecule has 0 amide bonds. The highest BCUT2D eigenvalue weighted by Crippen LogP contribution is 2.20. The Balaban J connectivity index is 1.76. The Labute approximate surface area is 143 Å². The quantitative estimate of drug-likeness (QED) is 0.712. The molecular formula is C20H22N4. The molecule has 0 aliphatic heterocycles. The van der Waals surface area contributed by atoms with Crippen LogP contribution in [0.5, 0.6) is 0 Å². The van der Waals surface area contributed by atoms with E-state index in [-0.39, 0.29) is 0 Å². The van der Waals surface area contributed by atoms with E-state index >= 15 is 0 Å². The van der Waals surface area contributed by atoms with Crippen molar-refractivity contribution in [3.8, 4) is 0 Å². The number of hydrogen-bond acceptors (Lipinski definition) is 4. The van der Waals surface area contributed by atoms with Gasteiger partial charge in [-0.15, -0.1) is 0 Å². The van der Waals surface area contributed by atoms with E-state index in [1.807, 2.05) is 31.2 Å². The minimum atomic E-state index is 0.736. The van der Waals surface area contributed by atoms with Crippen LogP contribution in [0, 0.1) is 20.8 Å². The Morgan fingerprint density at radius 2 is 1.46 bits per heavy atom. The largest absolute Gasteiger partial charge is 0.366 e. The first-order valence-corrected chi connectivity index (χ1v) is 8.07. The Bertz CT molecular complexity index is 808. The van der Waals surface area contributed by atoms with Crippen LogP contribution >= 0.6 is 0 Å². The maximum absolute atomic E-state index is 4.48. The van der Waals surface area contributed by atoms with Crippen molar-refractivity contribution in [3.63, 3.8) is 0 Å². The third-order valence-electron chi connectivity index (χ3n) is 3.65. The molecule has 1 heterocycles. The number of nitrogens with one attached hydrogen (secondary N) is 2.